The van der Waals surface area contributed by atoms with Crippen LogP contribution in [-0.4, -0.2) is 81.1 Å². The van der Waals surface area contributed by atoms with Gasteiger partial charge in [-0.15, -0.1) is 0 Å². The first-order valence-electron chi connectivity index (χ1n) is 11.6. The fourth-order valence-corrected chi connectivity index (χ4v) is 4.05. The number of likely N-dealkylation sites (N-methyl/N-ethyl adjacent to an activating group) is 1. The monoisotopic (exact) mass is 452 g/mol. The highest BCUT2D eigenvalue weighted by Gasteiger charge is 2.22. The summed E-state index contributed by atoms with van der Waals surface area (Å²) in [4.78, 5) is 30.6. The summed E-state index contributed by atoms with van der Waals surface area (Å²) in [5.41, 5.74) is 3.42. The number of rotatable bonds is 10. The number of methoxy groups -OCH3 is 1. The van der Waals surface area contributed by atoms with Crippen LogP contribution in [0.4, 0.5) is 5.69 Å². The zero-order chi connectivity index (χ0) is 23.6. The van der Waals surface area contributed by atoms with Crippen molar-refractivity contribution < 1.29 is 14.3 Å². The number of carbonyl (C=O) groups excluding carboxylic acids is 2. The number of carbonyl (C=O) groups is 2. The Labute approximate surface area is 197 Å². The second-order valence-electron chi connectivity index (χ2n) is 8.54. The maximum absolute atomic E-state index is 13.1. The number of hydrogen-bond acceptors (Lipinski definition) is 5. The fourth-order valence-electron chi connectivity index (χ4n) is 4.05. The molecule has 178 valence electrons. The normalized spacial score (nSPS) is 14.8. The van der Waals surface area contributed by atoms with E-state index in [2.05, 4.69) is 46.6 Å². The standard InChI is InChI=1S/C26H36N4O3/c1-21(31)29-13-15-30(16-14-29)24-11-9-23(10-12-24)20-27-25(19-22-7-5-4-6-8-22)26(32)28(2)17-18-33-3/h4-12,25,27H,13-20H2,1-3H3. The minimum Gasteiger partial charge on any atom is -0.383 e. The third-order valence-corrected chi connectivity index (χ3v) is 6.17. The summed E-state index contributed by atoms with van der Waals surface area (Å²) in [7, 11) is 3.46. The van der Waals surface area contributed by atoms with Crippen molar-refractivity contribution in [2.24, 2.45) is 0 Å². The van der Waals surface area contributed by atoms with Gasteiger partial charge in [0.2, 0.25) is 11.8 Å². The topological polar surface area (TPSA) is 65.1 Å². The predicted octanol–water partition coefficient (Wildman–Crippen LogP) is 2.16. The van der Waals surface area contributed by atoms with Crippen LogP contribution in [0.3, 0.4) is 0 Å². The number of amides is 2. The van der Waals surface area contributed by atoms with Crippen molar-refractivity contribution in [2.75, 3.05) is 58.4 Å². The third kappa shape index (κ3) is 7.30. The summed E-state index contributed by atoms with van der Waals surface area (Å²) < 4.78 is 5.13. The van der Waals surface area contributed by atoms with Crippen LogP contribution in [0.15, 0.2) is 54.6 Å². The minimum absolute atomic E-state index is 0.0656. The SMILES string of the molecule is COCCN(C)C(=O)C(Cc1ccccc1)NCc1ccc(N2CCN(C(C)=O)CC2)cc1. The van der Waals surface area contributed by atoms with Gasteiger partial charge in [-0.05, 0) is 29.7 Å². The van der Waals surface area contributed by atoms with E-state index in [1.165, 1.54) is 0 Å². The van der Waals surface area contributed by atoms with E-state index in [1.54, 1.807) is 18.9 Å². The molecule has 33 heavy (non-hydrogen) atoms. The molecule has 0 spiro atoms. The van der Waals surface area contributed by atoms with Crippen LogP contribution < -0.4 is 10.2 Å². The zero-order valence-electron chi connectivity index (χ0n) is 20.0. The smallest absolute Gasteiger partial charge is 0.239 e. The van der Waals surface area contributed by atoms with Gasteiger partial charge >= 0.3 is 0 Å². The quantitative estimate of drug-likeness (QED) is 0.599. The molecule has 3 rings (SSSR count). The second-order valence-corrected chi connectivity index (χ2v) is 8.54. The average Bonchev–Trinajstić information content (AvgIpc) is 2.85. The number of nitrogens with zero attached hydrogens (tertiary/aromatic N) is 3. The molecule has 0 bridgehead atoms. The molecule has 7 nitrogen and oxygen atoms in total. The van der Waals surface area contributed by atoms with Crippen LogP contribution in [0, 0.1) is 0 Å². The van der Waals surface area contributed by atoms with Crippen molar-refractivity contribution in [3.05, 3.63) is 65.7 Å². The van der Waals surface area contributed by atoms with E-state index < -0.39 is 0 Å². The first-order chi connectivity index (χ1) is 16.0. The molecule has 2 aromatic rings. The van der Waals surface area contributed by atoms with E-state index in [0.717, 1.165) is 43.0 Å². The van der Waals surface area contributed by atoms with E-state index in [-0.39, 0.29) is 17.9 Å². The number of benzene rings is 2. The molecule has 1 saturated heterocycles. The van der Waals surface area contributed by atoms with Gasteiger partial charge < -0.3 is 24.8 Å². The number of anilines is 1. The van der Waals surface area contributed by atoms with Crippen molar-refractivity contribution in [3.8, 4) is 0 Å². The number of piperazine rings is 1. The Morgan fingerprint density at radius 1 is 1.00 bits per heavy atom. The van der Waals surface area contributed by atoms with Gasteiger partial charge in [-0.2, -0.15) is 0 Å². The van der Waals surface area contributed by atoms with Crippen molar-refractivity contribution in [2.45, 2.75) is 25.9 Å². The highest BCUT2D eigenvalue weighted by atomic mass is 16.5. The Hall–Kier alpha value is -2.90. The molecule has 1 aliphatic heterocycles. The van der Waals surface area contributed by atoms with E-state index in [4.69, 9.17) is 4.74 Å². The van der Waals surface area contributed by atoms with Gasteiger partial charge in [-0.25, -0.2) is 0 Å². The van der Waals surface area contributed by atoms with Gasteiger partial charge in [0, 0.05) is 66.0 Å². The van der Waals surface area contributed by atoms with Crippen LogP contribution in [0.1, 0.15) is 18.1 Å². The fraction of sp³-hybridized carbons (Fsp3) is 0.462. The highest BCUT2D eigenvalue weighted by Crippen LogP contribution is 2.18. The maximum atomic E-state index is 13.1. The summed E-state index contributed by atoms with van der Waals surface area (Å²) in [5, 5.41) is 3.47. The summed E-state index contributed by atoms with van der Waals surface area (Å²) in [6.45, 7) is 6.53. The van der Waals surface area contributed by atoms with Gasteiger partial charge in [0.15, 0.2) is 0 Å². The lowest BCUT2D eigenvalue weighted by molar-refractivity contribution is -0.132. The molecular formula is C26H36N4O3. The van der Waals surface area contributed by atoms with E-state index in [0.29, 0.717) is 26.1 Å². The Morgan fingerprint density at radius 3 is 2.27 bits per heavy atom. The molecule has 0 radical (unpaired) electrons. The summed E-state index contributed by atoms with van der Waals surface area (Å²) >= 11 is 0. The molecule has 1 atom stereocenters. The van der Waals surface area contributed by atoms with Gasteiger partial charge in [0.05, 0.1) is 12.6 Å². The van der Waals surface area contributed by atoms with Crippen LogP contribution in [-0.2, 0) is 27.3 Å². The predicted molar refractivity (Wildman–Crippen MR) is 131 cm³/mol. The Kier molecular flexibility index (Phi) is 9.27. The van der Waals surface area contributed by atoms with Crippen LogP contribution >= 0.6 is 0 Å². The molecular weight excluding hydrogens is 416 g/mol. The molecule has 1 fully saturated rings. The zero-order valence-corrected chi connectivity index (χ0v) is 20.0. The highest BCUT2D eigenvalue weighted by molar-refractivity contribution is 5.82. The molecule has 1 aliphatic rings. The Bertz CT molecular complexity index is 880. The lowest BCUT2D eigenvalue weighted by Gasteiger charge is -2.35. The molecule has 0 aromatic heterocycles. The summed E-state index contributed by atoms with van der Waals surface area (Å²) in [5.74, 6) is 0.208. The summed E-state index contributed by atoms with van der Waals surface area (Å²) in [6.07, 6.45) is 0.634. The average molecular weight is 453 g/mol. The lowest BCUT2D eigenvalue weighted by Crippen LogP contribution is -2.48. The van der Waals surface area contributed by atoms with Crippen molar-refractivity contribution in [1.82, 2.24) is 15.1 Å². The van der Waals surface area contributed by atoms with Gasteiger partial charge in [-0.1, -0.05) is 42.5 Å². The van der Waals surface area contributed by atoms with Crippen LogP contribution in [0.25, 0.3) is 0 Å². The second kappa shape index (κ2) is 12.4. The van der Waals surface area contributed by atoms with Crippen molar-refractivity contribution in [3.63, 3.8) is 0 Å². The van der Waals surface area contributed by atoms with E-state index in [9.17, 15) is 9.59 Å². The molecule has 0 aliphatic carbocycles. The number of nitrogens with one attached hydrogen (secondary N) is 1. The Morgan fingerprint density at radius 2 is 1.67 bits per heavy atom. The molecule has 2 aromatic carbocycles. The van der Waals surface area contributed by atoms with Gasteiger partial charge in [0.25, 0.3) is 0 Å². The minimum atomic E-state index is -0.311. The van der Waals surface area contributed by atoms with Crippen molar-refractivity contribution in [1.29, 1.82) is 0 Å². The lowest BCUT2D eigenvalue weighted by atomic mass is 10.0. The van der Waals surface area contributed by atoms with Gasteiger partial charge in [0.1, 0.15) is 0 Å². The Balaban J connectivity index is 1.60. The molecule has 2 amide bonds. The molecule has 0 saturated carbocycles. The first kappa shape index (κ1) is 24.7. The molecule has 1 unspecified atom stereocenters. The largest absolute Gasteiger partial charge is 0.383 e. The van der Waals surface area contributed by atoms with Gasteiger partial charge in [-0.3, -0.25) is 9.59 Å². The van der Waals surface area contributed by atoms with E-state index >= 15 is 0 Å². The number of hydrogen-bond donors (Lipinski definition) is 1. The van der Waals surface area contributed by atoms with E-state index in [1.807, 2.05) is 30.1 Å². The molecule has 7 heteroatoms. The van der Waals surface area contributed by atoms with Crippen LogP contribution in [0.5, 0.6) is 0 Å². The number of ether oxygens (including phenoxy) is 1. The first-order valence-corrected chi connectivity index (χ1v) is 11.6. The third-order valence-electron chi connectivity index (χ3n) is 6.17. The summed E-state index contributed by atoms with van der Waals surface area (Å²) in [6, 6.07) is 18.2. The molecule has 1 N–H and O–H groups in total. The van der Waals surface area contributed by atoms with Crippen molar-refractivity contribution >= 4 is 17.5 Å². The maximum Gasteiger partial charge on any atom is 0.239 e. The van der Waals surface area contributed by atoms with Crippen LogP contribution in [0.2, 0.25) is 0 Å². The molecule has 1 heterocycles.